The zero-order valence-corrected chi connectivity index (χ0v) is 15.6. The third kappa shape index (κ3) is 3.48. The highest BCUT2D eigenvalue weighted by Crippen LogP contribution is 2.41. The van der Waals surface area contributed by atoms with Gasteiger partial charge in [0, 0.05) is 11.5 Å². The lowest BCUT2D eigenvalue weighted by Crippen LogP contribution is -2.33. The minimum absolute atomic E-state index is 0.240. The highest BCUT2D eigenvalue weighted by atomic mass is 32.2. The van der Waals surface area contributed by atoms with E-state index in [0.717, 1.165) is 11.1 Å². The summed E-state index contributed by atoms with van der Waals surface area (Å²) < 4.78 is 44.8. The molecule has 6 nitrogen and oxygen atoms in total. The van der Waals surface area contributed by atoms with E-state index in [1.165, 1.54) is 0 Å². The van der Waals surface area contributed by atoms with Crippen LogP contribution in [0.25, 0.3) is 0 Å². The Bertz CT molecular complexity index is 1010. The first kappa shape index (κ1) is 17.8. The summed E-state index contributed by atoms with van der Waals surface area (Å²) >= 11 is 0. The Labute approximate surface area is 158 Å². The van der Waals surface area contributed by atoms with Gasteiger partial charge in [-0.1, -0.05) is 42.5 Å². The van der Waals surface area contributed by atoms with Crippen molar-refractivity contribution in [3.63, 3.8) is 0 Å². The van der Waals surface area contributed by atoms with E-state index >= 15 is 0 Å². The number of nitrogens with zero attached hydrogens (tertiary/aromatic N) is 1. The number of methoxy groups -OCH3 is 1. The quantitative estimate of drug-likeness (QED) is 0.757. The molecule has 2 atom stereocenters. The lowest BCUT2D eigenvalue weighted by Gasteiger charge is -2.35. The standard InChI is InChI=1S/C20H19NO5S/c1-13-10-17(20(25-12-13)14-6-4-3-5-7-14)19-16-11-15(24-2)8-9-18(16)26-27(22,23)21-19/h3-9,11,17,20H,1,10,12H2,2H3/t17?,20-/m1/s1. The summed E-state index contributed by atoms with van der Waals surface area (Å²) in [6.45, 7) is 4.46. The van der Waals surface area contributed by atoms with Crippen LogP contribution >= 0.6 is 0 Å². The van der Waals surface area contributed by atoms with Crippen molar-refractivity contribution in [1.82, 2.24) is 0 Å². The Balaban J connectivity index is 1.85. The van der Waals surface area contributed by atoms with Crippen LogP contribution in [0.15, 0.2) is 65.1 Å². The minimum atomic E-state index is -4.08. The Morgan fingerprint density at radius 1 is 1.19 bits per heavy atom. The molecule has 0 saturated carbocycles. The van der Waals surface area contributed by atoms with E-state index < -0.39 is 10.3 Å². The van der Waals surface area contributed by atoms with Gasteiger partial charge >= 0.3 is 10.3 Å². The number of rotatable bonds is 3. The predicted molar refractivity (Wildman–Crippen MR) is 101 cm³/mol. The molecule has 0 amide bonds. The zero-order valence-electron chi connectivity index (χ0n) is 14.8. The Morgan fingerprint density at radius 3 is 2.70 bits per heavy atom. The first-order valence-electron chi connectivity index (χ1n) is 8.53. The second-order valence-electron chi connectivity index (χ2n) is 6.55. The molecular weight excluding hydrogens is 366 g/mol. The first-order valence-corrected chi connectivity index (χ1v) is 9.89. The number of hydrogen-bond acceptors (Lipinski definition) is 5. The van der Waals surface area contributed by atoms with Crippen LogP contribution in [0.3, 0.4) is 0 Å². The Kier molecular flexibility index (Phi) is 4.49. The summed E-state index contributed by atoms with van der Waals surface area (Å²) in [6.07, 6.45) is 0.243. The fourth-order valence-electron chi connectivity index (χ4n) is 3.49. The number of fused-ring (bicyclic) bond motifs is 1. The fraction of sp³-hybridized carbons (Fsp3) is 0.250. The molecule has 4 rings (SSSR count). The molecule has 2 aromatic rings. The molecule has 1 fully saturated rings. The van der Waals surface area contributed by atoms with Crippen LogP contribution in [0, 0.1) is 5.92 Å². The maximum atomic E-state index is 12.2. The molecule has 2 aliphatic rings. The van der Waals surface area contributed by atoms with Crippen LogP contribution < -0.4 is 8.92 Å². The molecule has 1 unspecified atom stereocenters. The summed E-state index contributed by atoms with van der Waals surface area (Å²) in [5.41, 5.74) is 2.85. The monoisotopic (exact) mass is 385 g/mol. The highest BCUT2D eigenvalue weighted by Gasteiger charge is 2.38. The summed E-state index contributed by atoms with van der Waals surface area (Å²) in [4.78, 5) is 0. The Hall–Kier alpha value is -2.64. The van der Waals surface area contributed by atoms with Crippen LogP contribution in [0.2, 0.25) is 0 Å². The molecule has 2 heterocycles. The SMILES string of the molecule is C=C1CO[C@H](c2ccccc2)C(C2=NS(=O)(=O)Oc3ccc(OC)cc32)C1. The van der Waals surface area contributed by atoms with Crippen molar-refractivity contribution in [3.8, 4) is 11.5 Å². The van der Waals surface area contributed by atoms with Crippen LogP contribution in [0.5, 0.6) is 11.5 Å². The van der Waals surface area contributed by atoms with Gasteiger partial charge in [-0.05, 0) is 30.2 Å². The average molecular weight is 385 g/mol. The topological polar surface area (TPSA) is 74.2 Å². The molecule has 140 valence electrons. The van der Waals surface area contributed by atoms with Gasteiger partial charge in [-0.15, -0.1) is 4.40 Å². The molecular formula is C20H19NO5S. The van der Waals surface area contributed by atoms with Gasteiger partial charge in [0.1, 0.15) is 5.75 Å². The molecule has 0 aromatic heterocycles. The van der Waals surface area contributed by atoms with Crippen molar-refractivity contribution in [2.45, 2.75) is 12.5 Å². The lowest BCUT2D eigenvalue weighted by atomic mass is 9.81. The second-order valence-corrected chi connectivity index (χ2v) is 7.76. The smallest absolute Gasteiger partial charge is 0.428 e. The predicted octanol–water partition coefficient (Wildman–Crippen LogP) is 3.46. The van der Waals surface area contributed by atoms with Crippen molar-refractivity contribution >= 4 is 16.0 Å². The molecule has 0 N–H and O–H groups in total. The van der Waals surface area contributed by atoms with E-state index in [1.54, 1.807) is 25.3 Å². The molecule has 2 aromatic carbocycles. The molecule has 0 bridgehead atoms. The number of ether oxygens (including phenoxy) is 2. The normalized spacial score (nSPS) is 23.7. The molecule has 7 heteroatoms. The van der Waals surface area contributed by atoms with Gasteiger partial charge < -0.3 is 13.7 Å². The molecule has 2 aliphatic heterocycles. The first-order chi connectivity index (χ1) is 13.0. The van der Waals surface area contributed by atoms with Gasteiger partial charge in [-0.3, -0.25) is 0 Å². The van der Waals surface area contributed by atoms with Gasteiger partial charge in [-0.2, -0.15) is 8.42 Å². The average Bonchev–Trinajstić information content (AvgIpc) is 2.67. The molecule has 27 heavy (non-hydrogen) atoms. The van der Waals surface area contributed by atoms with Gasteiger partial charge in [0.2, 0.25) is 0 Å². The molecule has 0 radical (unpaired) electrons. The van der Waals surface area contributed by atoms with Crippen LogP contribution in [-0.4, -0.2) is 27.8 Å². The van der Waals surface area contributed by atoms with E-state index in [1.807, 2.05) is 30.3 Å². The highest BCUT2D eigenvalue weighted by molar-refractivity contribution is 7.86. The number of benzene rings is 2. The van der Waals surface area contributed by atoms with E-state index in [-0.39, 0.29) is 17.8 Å². The molecule has 0 aliphatic carbocycles. The van der Waals surface area contributed by atoms with Gasteiger partial charge in [0.25, 0.3) is 0 Å². The van der Waals surface area contributed by atoms with Crippen molar-refractivity contribution in [2.75, 3.05) is 13.7 Å². The third-order valence-electron chi connectivity index (χ3n) is 4.69. The molecule has 1 saturated heterocycles. The summed E-state index contributed by atoms with van der Waals surface area (Å²) in [5.74, 6) is 0.526. The largest absolute Gasteiger partial charge is 0.497 e. The van der Waals surface area contributed by atoms with Crippen LogP contribution in [-0.2, 0) is 15.0 Å². The van der Waals surface area contributed by atoms with E-state index in [9.17, 15) is 8.42 Å². The second kappa shape index (κ2) is 6.83. The van der Waals surface area contributed by atoms with Crippen molar-refractivity contribution < 1.29 is 22.1 Å². The zero-order chi connectivity index (χ0) is 19.0. The Morgan fingerprint density at radius 2 is 1.96 bits per heavy atom. The summed E-state index contributed by atoms with van der Waals surface area (Å²) in [5, 5.41) is 0. The summed E-state index contributed by atoms with van der Waals surface area (Å²) in [6, 6.07) is 14.7. The van der Waals surface area contributed by atoms with Crippen LogP contribution in [0.1, 0.15) is 23.7 Å². The van der Waals surface area contributed by atoms with Gasteiger partial charge in [0.05, 0.1) is 25.5 Å². The minimum Gasteiger partial charge on any atom is -0.497 e. The maximum Gasteiger partial charge on any atom is 0.428 e. The van der Waals surface area contributed by atoms with Crippen LogP contribution in [0.4, 0.5) is 0 Å². The maximum absolute atomic E-state index is 12.2. The van der Waals surface area contributed by atoms with E-state index in [4.69, 9.17) is 13.7 Å². The summed E-state index contributed by atoms with van der Waals surface area (Å²) in [7, 11) is -2.52. The number of hydrogen-bond donors (Lipinski definition) is 0. The van der Waals surface area contributed by atoms with Crippen molar-refractivity contribution in [3.05, 3.63) is 71.8 Å². The van der Waals surface area contributed by atoms with Crippen molar-refractivity contribution in [1.29, 1.82) is 0 Å². The van der Waals surface area contributed by atoms with Gasteiger partial charge in [0.15, 0.2) is 5.75 Å². The molecule has 0 spiro atoms. The van der Waals surface area contributed by atoms with Crippen molar-refractivity contribution in [2.24, 2.45) is 10.3 Å². The van der Waals surface area contributed by atoms with E-state index in [0.29, 0.717) is 30.1 Å². The van der Waals surface area contributed by atoms with Gasteiger partial charge in [-0.25, -0.2) is 0 Å². The lowest BCUT2D eigenvalue weighted by molar-refractivity contribution is 0.0209. The van der Waals surface area contributed by atoms with E-state index in [2.05, 4.69) is 11.0 Å². The fourth-order valence-corrected chi connectivity index (χ4v) is 4.37. The third-order valence-corrected chi connectivity index (χ3v) is 5.50.